The lowest BCUT2D eigenvalue weighted by atomic mass is 10.1. The monoisotopic (exact) mass is 240 g/mol. The van der Waals surface area contributed by atoms with Gasteiger partial charge >= 0.3 is 0 Å². The molecule has 0 amide bonds. The minimum atomic E-state index is -0.0565. The van der Waals surface area contributed by atoms with E-state index in [9.17, 15) is 0 Å². The summed E-state index contributed by atoms with van der Waals surface area (Å²) >= 11 is 6.15. The SMILES string of the molecule is COc1ccc(C(N)CNC2CC2)c(Cl)c1. The summed E-state index contributed by atoms with van der Waals surface area (Å²) in [5.41, 5.74) is 7.04. The lowest BCUT2D eigenvalue weighted by Crippen LogP contribution is -2.28. The van der Waals surface area contributed by atoms with Gasteiger partial charge in [0.2, 0.25) is 0 Å². The van der Waals surface area contributed by atoms with Gasteiger partial charge in [0.05, 0.1) is 7.11 Å². The molecule has 0 saturated heterocycles. The first-order valence-corrected chi connectivity index (χ1v) is 5.91. The number of benzene rings is 1. The zero-order valence-corrected chi connectivity index (χ0v) is 10.1. The Kier molecular flexibility index (Phi) is 3.69. The molecule has 2 rings (SSSR count). The Bertz CT molecular complexity index is 366. The van der Waals surface area contributed by atoms with Crippen LogP contribution in [-0.4, -0.2) is 19.7 Å². The summed E-state index contributed by atoms with van der Waals surface area (Å²) in [6, 6.07) is 6.23. The predicted octanol–water partition coefficient (Wildman–Crippen LogP) is 2.10. The molecule has 1 fully saturated rings. The molecule has 1 aromatic carbocycles. The molecule has 1 aliphatic rings. The van der Waals surface area contributed by atoms with E-state index in [2.05, 4.69) is 5.32 Å². The van der Waals surface area contributed by atoms with Gasteiger partial charge in [0.15, 0.2) is 0 Å². The van der Waals surface area contributed by atoms with Crippen LogP contribution in [0.15, 0.2) is 18.2 Å². The molecule has 1 aromatic rings. The summed E-state index contributed by atoms with van der Waals surface area (Å²) < 4.78 is 5.10. The summed E-state index contributed by atoms with van der Waals surface area (Å²) in [7, 11) is 1.62. The van der Waals surface area contributed by atoms with E-state index in [1.54, 1.807) is 13.2 Å². The number of nitrogens with two attached hydrogens (primary N) is 1. The molecular formula is C12H17ClN2O. The van der Waals surface area contributed by atoms with Crippen LogP contribution in [0.1, 0.15) is 24.4 Å². The summed E-state index contributed by atoms with van der Waals surface area (Å²) in [5, 5.41) is 4.07. The van der Waals surface area contributed by atoms with Crippen molar-refractivity contribution in [2.24, 2.45) is 5.73 Å². The van der Waals surface area contributed by atoms with Crippen LogP contribution in [-0.2, 0) is 0 Å². The van der Waals surface area contributed by atoms with Gasteiger partial charge in [-0.25, -0.2) is 0 Å². The Morgan fingerprint density at radius 1 is 1.56 bits per heavy atom. The summed E-state index contributed by atoms with van der Waals surface area (Å²) in [5.74, 6) is 0.760. The van der Waals surface area contributed by atoms with E-state index in [-0.39, 0.29) is 6.04 Å². The molecule has 16 heavy (non-hydrogen) atoms. The zero-order valence-electron chi connectivity index (χ0n) is 9.37. The Balaban J connectivity index is 2.00. The summed E-state index contributed by atoms with van der Waals surface area (Å²) in [6.45, 7) is 0.775. The number of methoxy groups -OCH3 is 1. The average Bonchev–Trinajstić information content (AvgIpc) is 3.09. The number of ether oxygens (including phenoxy) is 1. The van der Waals surface area contributed by atoms with E-state index in [1.165, 1.54) is 12.8 Å². The average molecular weight is 241 g/mol. The van der Waals surface area contributed by atoms with Crippen molar-refractivity contribution in [3.63, 3.8) is 0 Å². The third kappa shape index (κ3) is 2.88. The van der Waals surface area contributed by atoms with Crippen LogP contribution < -0.4 is 15.8 Å². The minimum absolute atomic E-state index is 0.0565. The van der Waals surface area contributed by atoms with Crippen molar-refractivity contribution in [2.45, 2.75) is 24.9 Å². The first-order chi connectivity index (χ1) is 7.70. The molecule has 0 bridgehead atoms. The van der Waals surface area contributed by atoms with Crippen LogP contribution in [0.25, 0.3) is 0 Å². The van der Waals surface area contributed by atoms with Crippen LogP contribution in [0.2, 0.25) is 5.02 Å². The highest BCUT2D eigenvalue weighted by Gasteiger charge is 2.21. The van der Waals surface area contributed by atoms with Gasteiger partial charge in [0.1, 0.15) is 5.75 Å². The fourth-order valence-corrected chi connectivity index (χ4v) is 1.94. The van der Waals surface area contributed by atoms with E-state index in [4.69, 9.17) is 22.1 Å². The molecule has 88 valence electrons. The second-order valence-electron chi connectivity index (χ2n) is 4.18. The van der Waals surface area contributed by atoms with Crippen LogP contribution in [0.3, 0.4) is 0 Å². The van der Waals surface area contributed by atoms with E-state index >= 15 is 0 Å². The smallest absolute Gasteiger partial charge is 0.120 e. The van der Waals surface area contributed by atoms with Gasteiger partial charge in [-0.1, -0.05) is 17.7 Å². The van der Waals surface area contributed by atoms with Crippen LogP contribution in [0.4, 0.5) is 0 Å². The lowest BCUT2D eigenvalue weighted by Gasteiger charge is -2.15. The molecule has 0 spiro atoms. The van der Waals surface area contributed by atoms with Gasteiger partial charge in [0, 0.05) is 23.7 Å². The Hall–Kier alpha value is -0.770. The highest BCUT2D eigenvalue weighted by atomic mass is 35.5. The standard InChI is InChI=1S/C12H17ClN2O/c1-16-9-4-5-10(11(13)6-9)12(14)7-15-8-2-3-8/h4-6,8,12,15H,2-3,7,14H2,1H3. The van der Waals surface area contributed by atoms with E-state index in [1.807, 2.05) is 12.1 Å². The lowest BCUT2D eigenvalue weighted by molar-refractivity contribution is 0.414. The van der Waals surface area contributed by atoms with Gasteiger partial charge in [-0.3, -0.25) is 0 Å². The fourth-order valence-electron chi connectivity index (χ4n) is 1.63. The third-order valence-corrected chi connectivity index (χ3v) is 3.14. The number of nitrogens with one attached hydrogen (secondary N) is 1. The third-order valence-electron chi connectivity index (χ3n) is 2.81. The Morgan fingerprint density at radius 2 is 2.31 bits per heavy atom. The zero-order chi connectivity index (χ0) is 11.5. The number of hydrogen-bond acceptors (Lipinski definition) is 3. The van der Waals surface area contributed by atoms with Crippen molar-refractivity contribution in [2.75, 3.05) is 13.7 Å². The molecule has 3 N–H and O–H groups in total. The first-order valence-electron chi connectivity index (χ1n) is 5.53. The maximum atomic E-state index is 6.15. The van der Waals surface area contributed by atoms with Crippen LogP contribution in [0.5, 0.6) is 5.75 Å². The highest BCUT2D eigenvalue weighted by Crippen LogP contribution is 2.26. The Labute approximate surface area is 101 Å². The molecule has 3 nitrogen and oxygen atoms in total. The molecule has 0 aliphatic heterocycles. The number of rotatable bonds is 5. The van der Waals surface area contributed by atoms with Gasteiger partial charge in [-0.2, -0.15) is 0 Å². The van der Waals surface area contributed by atoms with E-state index in [0.29, 0.717) is 11.1 Å². The molecule has 0 aromatic heterocycles. The molecule has 1 unspecified atom stereocenters. The highest BCUT2D eigenvalue weighted by molar-refractivity contribution is 6.31. The van der Waals surface area contributed by atoms with Gasteiger partial charge in [-0.15, -0.1) is 0 Å². The second kappa shape index (κ2) is 5.04. The Morgan fingerprint density at radius 3 is 2.88 bits per heavy atom. The largest absolute Gasteiger partial charge is 0.497 e. The number of halogens is 1. The normalized spacial score (nSPS) is 17.2. The topological polar surface area (TPSA) is 47.3 Å². The quantitative estimate of drug-likeness (QED) is 0.829. The molecule has 1 aliphatic carbocycles. The predicted molar refractivity (Wildman–Crippen MR) is 66.0 cm³/mol. The molecule has 0 radical (unpaired) electrons. The first kappa shape index (κ1) is 11.7. The summed E-state index contributed by atoms with van der Waals surface area (Å²) in [6.07, 6.45) is 2.53. The van der Waals surface area contributed by atoms with Crippen LogP contribution >= 0.6 is 11.6 Å². The molecular weight excluding hydrogens is 224 g/mol. The molecule has 1 atom stereocenters. The van der Waals surface area contributed by atoms with Gasteiger partial charge < -0.3 is 15.8 Å². The minimum Gasteiger partial charge on any atom is -0.497 e. The van der Waals surface area contributed by atoms with Gasteiger partial charge in [-0.05, 0) is 30.5 Å². The van der Waals surface area contributed by atoms with E-state index in [0.717, 1.165) is 17.9 Å². The van der Waals surface area contributed by atoms with Crippen molar-refractivity contribution in [3.8, 4) is 5.75 Å². The van der Waals surface area contributed by atoms with E-state index < -0.39 is 0 Å². The van der Waals surface area contributed by atoms with Gasteiger partial charge in [0.25, 0.3) is 0 Å². The summed E-state index contributed by atoms with van der Waals surface area (Å²) in [4.78, 5) is 0. The maximum Gasteiger partial charge on any atom is 0.120 e. The van der Waals surface area contributed by atoms with Crippen molar-refractivity contribution in [3.05, 3.63) is 28.8 Å². The van der Waals surface area contributed by atoms with Crippen molar-refractivity contribution in [1.29, 1.82) is 0 Å². The molecule has 0 heterocycles. The molecule has 1 saturated carbocycles. The van der Waals surface area contributed by atoms with Crippen molar-refractivity contribution >= 4 is 11.6 Å². The van der Waals surface area contributed by atoms with Crippen molar-refractivity contribution < 1.29 is 4.74 Å². The number of hydrogen-bond donors (Lipinski definition) is 2. The molecule has 4 heteroatoms. The van der Waals surface area contributed by atoms with Crippen molar-refractivity contribution in [1.82, 2.24) is 5.32 Å². The second-order valence-corrected chi connectivity index (χ2v) is 4.58. The fraction of sp³-hybridized carbons (Fsp3) is 0.500. The van der Waals surface area contributed by atoms with Crippen LogP contribution in [0, 0.1) is 0 Å². The maximum absolute atomic E-state index is 6.15.